The van der Waals surface area contributed by atoms with Crippen LogP contribution >= 0.6 is 0 Å². The summed E-state index contributed by atoms with van der Waals surface area (Å²) in [5.41, 5.74) is 0. The fraction of sp³-hybridized carbons (Fsp3) is 0.846. The average Bonchev–Trinajstić information content (AvgIpc) is 2.46. The lowest BCUT2D eigenvalue weighted by atomic mass is 10.1. The van der Waals surface area contributed by atoms with Crippen molar-refractivity contribution < 1.29 is 24.2 Å². The molecule has 0 aromatic carbocycles. The van der Waals surface area contributed by atoms with Crippen LogP contribution < -0.4 is 0 Å². The van der Waals surface area contributed by atoms with Gasteiger partial charge in [-0.05, 0) is 6.42 Å². The highest BCUT2D eigenvalue weighted by Crippen LogP contribution is 2.16. The minimum atomic E-state index is -0.901. The van der Waals surface area contributed by atoms with Crippen molar-refractivity contribution in [3.05, 3.63) is 0 Å². The van der Waals surface area contributed by atoms with Crippen LogP contribution in [0.25, 0.3) is 0 Å². The quantitative estimate of drug-likeness (QED) is 0.812. The summed E-state index contributed by atoms with van der Waals surface area (Å²) in [6.07, 6.45) is 0.380. The molecular formula is C13H22N2O5. The van der Waals surface area contributed by atoms with Crippen LogP contribution in [0.3, 0.4) is 0 Å². The molecule has 2 atom stereocenters. The summed E-state index contributed by atoms with van der Waals surface area (Å²) in [7, 11) is 0. The molecule has 0 saturated carbocycles. The first kappa shape index (κ1) is 15.1. The molecule has 7 heteroatoms. The molecular weight excluding hydrogens is 264 g/mol. The third-order valence-corrected chi connectivity index (χ3v) is 3.76. The van der Waals surface area contributed by atoms with Gasteiger partial charge >= 0.3 is 12.0 Å². The smallest absolute Gasteiger partial charge is 0.320 e. The predicted molar refractivity (Wildman–Crippen MR) is 70.6 cm³/mol. The molecule has 2 rings (SSSR count). The van der Waals surface area contributed by atoms with Crippen LogP contribution in [0.5, 0.6) is 0 Å². The Bertz CT molecular complexity index is 363. The normalized spacial score (nSPS) is 27.4. The summed E-state index contributed by atoms with van der Waals surface area (Å²) in [6.45, 7) is 5.02. The predicted octanol–water partition coefficient (Wildman–Crippen LogP) is 0.393. The van der Waals surface area contributed by atoms with Crippen molar-refractivity contribution in [1.29, 1.82) is 0 Å². The molecule has 0 spiro atoms. The highest BCUT2D eigenvalue weighted by Gasteiger charge is 2.32. The Balaban J connectivity index is 1.95. The zero-order valence-corrected chi connectivity index (χ0v) is 11.8. The number of carboxylic acids is 1. The van der Waals surface area contributed by atoms with Crippen molar-refractivity contribution in [2.75, 3.05) is 39.5 Å². The summed E-state index contributed by atoms with van der Waals surface area (Å²) in [5.74, 6) is -0.901. The van der Waals surface area contributed by atoms with E-state index < -0.39 is 12.1 Å². The third-order valence-electron chi connectivity index (χ3n) is 3.76. The SMILES string of the molecule is CCC1COCCN1C(=O)N1CCOC(CC(=O)O)C1. The second-order valence-electron chi connectivity index (χ2n) is 5.15. The highest BCUT2D eigenvalue weighted by atomic mass is 16.5. The number of nitrogens with zero attached hydrogens (tertiary/aromatic N) is 2. The number of rotatable bonds is 3. The molecule has 2 heterocycles. The molecule has 2 aliphatic heterocycles. The minimum Gasteiger partial charge on any atom is -0.481 e. The molecule has 20 heavy (non-hydrogen) atoms. The van der Waals surface area contributed by atoms with Crippen molar-refractivity contribution >= 4 is 12.0 Å². The van der Waals surface area contributed by atoms with E-state index in [4.69, 9.17) is 14.6 Å². The molecule has 1 N–H and O–H groups in total. The first-order valence-corrected chi connectivity index (χ1v) is 7.08. The fourth-order valence-corrected chi connectivity index (χ4v) is 2.64. The molecule has 2 aliphatic rings. The molecule has 0 aromatic rings. The molecule has 2 fully saturated rings. The lowest BCUT2D eigenvalue weighted by molar-refractivity contribution is -0.141. The van der Waals surface area contributed by atoms with Gasteiger partial charge in [0.05, 0.1) is 38.4 Å². The first-order valence-electron chi connectivity index (χ1n) is 7.08. The monoisotopic (exact) mass is 286 g/mol. The second-order valence-corrected chi connectivity index (χ2v) is 5.15. The van der Waals surface area contributed by atoms with Gasteiger partial charge in [0, 0.05) is 19.6 Å². The van der Waals surface area contributed by atoms with Crippen molar-refractivity contribution in [2.24, 2.45) is 0 Å². The number of hydrogen-bond donors (Lipinski definition) is 1. The summed E-state index contributed by atoms with van der Waals surface area (Å²) in [4.78, 5) is 26.8. The Morgan fingerprint density at radius 1 is 1.30 bits per heavy atom. The van der Waals surface area contributed by atoms with E-state index in [9.17, 15) is 9.59 Å². The Labute approximate surface area is 118 Å². The Hall–Kier alpha value is -1.34. The van der Waals surface area contributed by atoms with Gasteiger partial charge in [0.1, 0.15) is 0 Å². The van der Waals surface area contributed by atoms with Crippen LogP contribution in [-0.4, -0.2) is 78.5 Å². The molecule has 0 bridgehead atoms. The van der Waals surface area contributed by atoms with E-state index >= 15 is 0 Å². The maximum absolute atomic E-state index is 12.5. The van der Waals surface area contributed by atoms with Gasteiger partial charge in [-0.15, -0.1) is 0 Å². The van der Waals surface area contributed by atoms with E-state index in [0.717, 1.165) is 6.42 Å². The average molecular weight is 286 g/mol. The summed E-state index contributed by atoms with van der Waals surface area (Å²) >= 11 is 0. The van der Waals surface area contributed by atoms with Crippen LogP contribution in [-0.2, 0) is 14.3 Å². The Morgan fingerprint density at radius 3 is 2.80 bits per heavy atom. The Kier molecular flexibility index (Phi) is 5.19. The number of morpholine rings is 2. The molecule has 0 aromatic heterocycles. The largest absolute Gasteiger partial charge is 0.481 e. The lowest BCUT2D eigenvalue weighted by Crippen LogP contribution is -2.57. The molecule has 2 saturated heterocycles. The van der Waals surface area contributed by atoms with Gasteiger partial charge in [-0.1, -0.05) is 6.92 Å². The third kappa shape index (κ3) is 3.61. The summed E-state index contributed by atoms with van der Waals surface area (Å²) in [6, 6.07) is 0.0795. The van der Waals surface area contributed by atoms with Crippen LogP contribution in [0.2, 0.25) is 0 Å². The summed E-state index contributed by atoms with van der Waals surface area (Å²) in [5, 5.41) is 8.81. The highest BCUT2D eigenvalue weighted by molar-refractivity contribution is 5.75. The topological polar surface area (TPSA) is 79.3 Å². The number of amides is 2. The standard InChI is InChI=1S/C13H22N2O5/c1-2-10-9-19-5-4-15(10)13(18)14-3-6-20-11(8-14)7-12(16)17/h10-11H,2-9H2,1H3,(H,16,17). The van der Waals surface area contributed by atoms with Crippen molar-refractivity contribution in [2.45, 2.75) is 31.9 Å². The fourth-order valence-electron chi connectivity index (χ4n) is 2.64. The van der Waals surface area contributed by atoms with Crippen LogP contribution in [0.15, 0.2) is 0 Å². The maximum atomic E-state index is 12.5. The van der Waals surface area contributed by atoms with Gasteiger partial charge in [0.2, 0.25) is 0 Å². The van der Waals surface area contributed by atoms with Crippen molar-refractivity contribution in [3.8, 4) is 0 Å². The number of hydrogen-bond acceptors (Lipinski definition) is 4. The molecule has 0 radical (unpaired) electrons. The van der Waals surface area contributed by atoms with Crippen LogP contribution in [0.4, 0.5) is 4.79 Å². The lowest BCUT2D eigenvalue weighted by Gasteiger charge is -2.41. The zero-order chi connectivity index (χ0) is 14.5. The molecule has 114 valence electrons. The molecule has 0 aliphatic carbocycles. The molecule has 2 amide bonds. The van der Waals surface area contributed by atoms with Gasteiger partial charge in [0.15, 0.2) is 0 Å². The number of carbonyl (C=O) groups excluding carboxylic acids is 1. The van der Waals surface area contributed by atoms with E-state index in [-0.39, 0.29) is 18.5 Å². The molecule has 2 unspecified atom stereocenters. The Morgan fingerprint density at radius 2 is 2.10 bits per heavy atom. The van der Waals surface area contributed by atoms with Gasteiger partial charge in [-0.2, -0.15) is 0 Å². The van der Waals surface area contributed by atoms with Crippen molar-refractivity contribution in [3.63, 3.8) is 0 Å². The van der Waals surface area contributed by atoms with E-state index in [2.05, 4.69) is 0 Å². The number of aliphatic carboxylic acids is 1. The molecule has 7 nitrogen and oxygen atoms in total. The van der Waals surface area contributed by atoms with E-state index in [1.54, 1.807) is 4.90 Å². The van der Waals surface area contributed by atoms with Crippen LogP contribution in [0.1, 0.15) is 19.8 Å². The van der Waals surface area contributed by atoms with E-state index in [1.807, 2.05) is 11.8 Å². The summed E-state index contributed by atoms with van der Waals surface area (Å²) < 4.78 is 10.8. The number of carboxylic acid groups (broad SMARTS) is 1. The number of urea groups is 1. The van der Waals surface area contributed by atoms with Gasteiger partial charge < -0.3 is 24.4 Å². The van der Waals surface area contributed by atoms with Gasteiger partial charge in [-0.3, -0.25) is 4.79 Å². The van der Waals surface area contributed by atoms with Crippen molar-refractivity contribution in [1.82, 2.24) is 9.80 Å². The maximum Gasteiger partial charge on any atom is 0.320 e. The van der Waals surface area contributed by atoms with Crippen LogP contribution in [0, 0.1) is 0 Å². The minimum absolute atomic E-state index is 0.0289. The van der Waals surface area contributed by atoms with E-state index in [0.29, 0.717) is 39.5 Å². The number of ether oxygens (including phenoxy) is 2. The zero-order valence-electron chi connectivity index (χ0n) is 11.8. The number of carbonyl (C=O) groups is 2. The first-order chi connectivity index (χ1) is 9.61. The second kappa shape index (κ2) is 6.90. The van der Waals surface area contributed by atoms with E-state index in [1.165, 1.54) is 0 Å². The van der Waals surface area contributed by atoms with Gasteiger partial charge in [0.25, 0.3) is 0 Å². The van der Waals surface area contributed by atoms with Gasteiger partial charge in [-0.25, -0.2) is 4.79 Å².